The Morgan fingerprint density at radius 3 is 2.43 bits per heavy atom. The summed E-state index contributed by atoms with van der Waals surface area (Å²) in [6, 6.07) is 11.1. The van der Waals surface area contributed by atoms with E-state index < -0.39 is 5.60 Å². The van der Waals surface area contributed by atoms with E-state index in [1.807, 2.05) is 30.9 Å². The molecular formula is C23H25NO4. The van der Waals surface area contributed by atoms with E-state index in [4.69, 9.17) is 9.47 Å². The van der Waals surface area contributed by atoms with E-state index in [-0.39, 0.29) is 11.7 Å². The number of benzene rings is 2. The molecule has 28 heavy (non-hydrogen) atoms. The number of piperidine rings is 1. The minimum absolute atomic E-state index is 0.00623. The predicted molar refractivity (Wildman–Crippen MR) is 106 cm³/mol. The van der Waals surface area contributed by atoms with Crippen LogP contribution in [0.1, 0.15) is 51.1 Å². The number of carbonyl (C=O) groups excluding carboxylic acids is 2. The number of carbonyl (C=O) groups is 2. The van der Waals surface area contributed by atoms with Crippen molar-refractivity contribution in [2.24, 2.45) is 0 Å². The molecule has 2 aromatic carbocycles. The molecule has 1 spiro atoms. The average Bonchev–Trinajstić information content (AvgIpc) is 2.67. The molecule has 0 aliphatic carbocycles. The Morgan fingerprint density at radius 2 is 1.79 bits per heavy atom. The summed E-state index contributed by atoms with van der Waals surface area (Å²) in [5.74, 6) is 1.58. The highest BCUT2D eigenvalue weighted by Crippen LogP contribution is 2.41. The Bertz CT molecular complexity index is 924. The molecule has 0 N–H and O–H groups in total. The Labute approximate surface area is 165 Å². The molecule has 146 valence electrons. The van der Waals surface area contributed by atoms with Crippen LogP contribution in [-0.2, 0) is 0 Å². The van der Waals surface area contributed by atoms with E-state index in [0.717, 1.165) is 16.9 Å². The van der Waals surface area contributed by atoms with Crippen LogP contribution in [0.2, 0.25) is 0 Å². The number of fused-ring (bicyclic) bond motifs is 1. The van der Waals surface area contributed by atoms with Crippen molar-refractivity contribution >= 4 is 11.7 Å². The van der Waals surface area contributed by atoms with Crippen molar-refractivity contribution in [3.05, 3.63) is 58.7 Å². The quantitative estimate of drug-likeness (QED) is 0.793. The number of ether oxygens (including phenoxy) is 2. The summed E-state index contributed by atoms with van der Waals surface area (Å²) >= 11 is 0. The highest BCUT2D eigenvalue weighted by Gasteiger charge is 2.44. The molecule has 0 atom stereocenters. The lowest BCUT2D eigenvalue weighted by Gasteiger charge is -2.44. The molecule has 2 heterocycles. The zero-order valence-corrected chi connectivity index (χ0v) is 16.6. The molecule has 2 aliphatic rings. The first-order chi connectivity index (χ1) is 13.4. The summed E-state index contributed by atoms with van der Waals surface area (Å²) in [6.07, 6.45) is 1.70. The minimum Gasteiger partial charge on any atom is -0.497 e. The molecular weight excluding hydrogens is 354 g/mol. The zero-order chi connectivity index (χ0) is 19.9. The Hall–Kier alpha value is -2.82. The third-order valence-electron chi connectivity index (χ3n) is 5.83. The fraction of sp³-hybridized carbons (Fsp3) is 0.391. The van der Waals surface area contributed by atoms with Crippen LogP contribution >= 0.6 is 0 Å². The Kier molecular flexibility index (Phi) is 4.61. The monoisotopic (exact) mass is 379 g/mol. The van der Waals surface area contributed by atoms with E-state index >= 15 is 0 Å². The van der Waals surface area contributed by atoms with E-state index in [1.165, 1.54) is 0 Å². The van der Waals surface area contributed by atoms with Gasteiger partial charge in [-0.05, 0) is 55.3 Å². The van der Waals surface area contributed by atoms with Crippen molar-refractivity contribution < 1.29 is 19.1 Å². The number of Topliss-reactive ketones (excluding diaryl/α,β-unsaturated/α-hetero) is 1. The summed E-state index contributed by atoms with van der Waals surface area (Å²) in [7, 11) is 1.60. The molecule has 2 aromatic rings. The number of likely N-dealkylation sites (tertiary alicyclic amines) is 1. The minimum atomic E-state index is -0.499. The van der Waals surface area contributed by atoms with Crippen LogP contribution in [0.4, 0.5) is 0 Å². The van der Waals surface area contributed by atoms with Crippen molar-refractivity contribution in [1.82, 2.24) is 4.90 Å². The summed E-state index contributed by atoms with van der Waals surface area (Å²) in [5.41, 5.74) is 2.93. The number of aryl methyl sites for hydroxylation is 2. The molecule has 4 rings (SSSR count). The number of nitrogens with zero attached hydrogens (tertiary/aromatic N) is 1. The van der Waals surface area contributed by atoms with Gasteiger partial charge in [0, 0.05) is 31.5 Å². The van der Waals surface area contributed by atoms with Crippen LogP contribution in [0.25, 0.3) is 0 Å². The van der Waals surface area contributed by atoms with E-state index in [0.29, 0.717) is 49.2 Å². The van der Waals surface area contributed by atoms with Crippen molar-refractivity contribution in [3.8, 4) is 11.5 Å². The lowest BCUT2D eigenvalue weighted by molar-refractivity contribution is -0.00580. The van der Waals surface area contributed by atoms with Gasteiger partial charge >= 0.3 is 0 Å². The maximum absolute atomic E-state index is 12.8. The summed E-state index contributed by atoms with van der Waals surface area (Å²) in [4.78, 5) is 27.5. The first kappa shape index (κ1) is 18.5. The molecule has 1 fully saturated rings. The molecule has 5 heteroatoms. The number of hydrogen-bond donors (Lipinski definition) is 0. The second-order valence-corrected chi connectivity index (χ2v) is 7.86. The van der Waals surface area contributed by atoms with Crippen molar-refractivity contribution in [2.75, 3.05) is 20.2 Å². The predicted octanol–water partition coefficient (Wildman–Crippen LogP) is 3.95. The fourth-order valence-corrected chi connectivity index (χ4v) is 4.33. The SMILES string of the molecule is COc1ccc(C(=O)N2CCC3(CC2)CC(=O)c2c(C)cc(C)cc2O3)cc1. The third kappa shape index (κ3) is 3.26. The summed E-state index contributed by atoms with van der Waals surface area (Å²) in [5, 5.41) is 0. The third-order valence-corrected chi connectivity index (χ3v) is 5.83. The first-order valence-corrected chi connectivity index (χ1v) is 9.68. The molecule has 0 unspecified atom stereocenters. The molecule has 5 nitrogen and oxygen atoms in total. The molecule has 1 saturated heterocycles. The molecule has 0 saturated carbocycles. The summed E-state index contributed by atoms with van der Waals surface area (Å²) in [6.45, 7) is 5.14. The van der Waals surface area contributed by atoms with Gasteiger partial charge in [-0.3, -0.25) is 9.59 Å². The van der Waals surface area contributed by atoms with Crippen molar-refractivity contribution in [1.29, 1.82) is 0 Å². The number of ketones is 1. The van der Waals surface area contributed by atoms with E-state index in [2.05, 4.69) is 0 Å². The van der Waals surface area contributed by atoms with Gasteiger partial charge in [0.05, 0.1) is 19.1 Å². The van der Waals surface area contributed by atoms with Crippen molar-refractivity contribution in [3.63, 3.8) is 0 Å². The van der Waals surface area contributed by atoms with Crippen LogP contribution in [-0.4, -0.2) is 42.4 Å². The van der Waals surface area contributed by atoms with Gasteiger partial charge in [0.15, 0.2) is 5.78 Å². The lowest BCUT2D eigenvalue weighted by atomic mass is 9.81. The van der Waals surface area contributed by atoms with Crippen molar-refractivity contribution in [2.45, 2.75) is 38.7 Å². The fourth-order valence-electron chi connectivity index (χ4n) is 4.33. The first-order valence-electron chi connectivity index (χ1n) is 9.68. The Morgan fingerprint density at radius 1 is 1.11 bits per heavy atom. The lowest BCUT2D eigenvalue weighted by Crippen LogP contribution is -2.52. The topological polar surface area (TPSA) is 55.8 Å². The summed E-state index contributed by atoms with van der Waals surface area (Å²) < 4.78 is 11.5. The number of methoxy groups -OCH3 is 1. The van der Waals surface area contributed by atoms with Gasteiger partial charge in [0.2, 0.25) is 0 Å². The maximum Gasteiger partial charge on any atom is 0.253 e. The largest absolute Gasteiger partial charge is 0.497 e. The van der Waals surface area contributed by atoms with E-state index in [9.17, 15) is 9.59 Å². The van der Waals surface area contributed by atoms with Crippen LogP contribution in [0.3, 0.4) is 0 Å². The molecule has 0 radical (unpaired) electrons. The van der Waals surface area contributed by atoms with Gasteiger partial charge in [-0.2, -0.15) is 0 Å². The van der Waals surface area contributed by atoms with Crippen LogP contribution in [0, 0.1) is 13.8 Å². The number of hydrogen-bond acceptors (Lipinski definition) is 4. The van der Waals surface area contributed by atoms with Gasteiger partial charge in [-0.1, -0.05) is 6.07 Å². The van der Waals surface area contributed by atoms with Gasteiger partial charge in [0.1, 0.15) is 17.1 Å². The molecule has 0 aromatic heterocycles. The second-order valence-electron chi connectivity index (χ2n) is 7.86. The normalized spacial score (nSPS) is 17.8. The van der Waals surface area contributed by atoms with E-state index in [1.54, 1.807) is 31.4 Å². The van der Waals surface area contributed by atoms with Crippen LogP contribution < -0.4 is 9.47 Å². The number of rotatable bonds is 2. The van der Waals surface area contributed by atoms with Crippen LogP contribution in [0.15, 0.2) is 36.4 Å². The zero-order valence-electron chi connectivity index (χ0n) is 16.6. The van der Waals surface area contributed by atoms with Gasteiger partial charge < -0.3 is 14.4 Å². The van der Waals surface area contributed by atoms with Gasteiger partial charge in [-0.15, -0.1) is 0 Å². The maximum atomic E-state index is 12.8. The van der Waals surface area contributed by atoms with Gasteiger partial charge in [-0.25, -0.2) is 0 Å². The average molecular weight is 379 g/mol. The number of amides is 1. The molecule has 2 aliphatic heterocycles. The Balaban J connectivity index is 1.49. The molecule has 0 bridgehead atoms. The highest BCUT2D eigenvalue weighted by molar-refractivity contribution is 6.02. The van der Waals surface area contributed by atoms with Crippen LogP contribution in [0.5, 0.6) is 11.5 Å². The standard InChI is InChI=1S/C23H25NO4/c1-15-12-16(2)21-19(25)14-23(28-20(21)13-15)8-10-24(11-9-23)22(26)17-4-6-18(27-3)7-5-17/h4-7,12-13H,8-11,14H2,1-3H3. The smallest absolute Gasteiger partial charge is 0.253 e. The second kappa shape index (κ2) is 6.97. The highest BCUT2D eigenvalue weighted by atomic mass is 16.5. The molecule has 1 amide bonds. The van der Waals surface area contributed by atoms with Gasteiger partial charge in [0.25, 0.3) is 5.91 Å².